The molecular weight excluding hydrogens is 400 g/mol. The predicted molar refractivity (Wildman–Crippen MR) is 123 cm³/mol. The molecule has 2 amide bonds. The number of hydrogen-bond acceptors (Lipinski definition) is 3. The summed E-state index contributed by atoms with van der Waals surface area (Å²) in [5, 5.41) is 7.49. The maximum atomic E-state index is 13.6. The van der Waals surface area contributed by atoms with Crippen LogP contribution in [0.4, 0.5) is 0 Å². The van der Waals surface area contributed by atoms with Gasteiger partial charge in [0.2, 0.25) is 11.8 Å². The Hall–Kier alpha value is -3.12. The minimum atomic E-state index is -0.598. The molecule has 164 valence electrons. The van der Waals surface area contributed by atoms with Crippen molar-refractivity contribution in [2.24, 2.45) is 0 Å². The number of nitrogens with zero attached hydrogens (tertiary/aromatic N) is 1. The number of piperazine rings is 1. The van der Waals surface area contributed by atoms with Crippen LogP contribution in [0, 0.1) is 0 Å². The van der Waals surface area contributed by atoms with Crippen LogP contribution in [-0.2, 0) is 22.4 Å². The van der Waals surface area contributed by atoms with Gasteiger partial charge in [0, 0.05) is 29.7 Å². The number of hydrogen-bond donors (Lipinski definition) is 3. The summed E-state index contributed by atoms with van der Waals surface area (Å²) >= 11 is 0. The lowest BCUT2D eigenvalue weighted by molar-refractivity contribution is -0.157. The van der Waals surface area contributed by atoms with Crippen LogP contribution in [0.5, 0.6) is 0 Å². The molecule has 32 heavy (non-hydrogen) atoms. The van der Waals surface area contributed by atoms with E-state index in [-0.39, 0.29) is 23.9 Å². The molecule has 3 aliphatic rings. The second-order valence-electron chi connectivity index (χ2n) is 9.33. The molecule has 2 aliphatic heterocycles. The molecule has 2 atom stereocenters. The Balaban J connectivity index is 1.30. The number of para-hydroxylation sites is 1. The monoisotopic (exact) mass is 428 g/mol. The highest BCUT2D eigenvalue weighted by molar-refractivity contribution is 5.92. The topological polar surface area (TPSA) is 77.2 Å². The lowest BCUT2D eigenvalue weighted by Crippen LogP contribution is -2.73. The maximum absolute atomic E-state index is 13.6. The van der Waals surface area contributed by atoms with Gasteiger partial charge >= 0.3 is 0 Å². The SMILES string of the molecule is O=C1NC[C@H]2c3[nH]c4ccccc4c3C[C@@H]1N2C1(C(=O)NCCc2ccccc2)CCC1. The number of carbonyl (C=O) groups is 2. The summed E-state index contributed by atoms with van der Waals surface area (Å²) in [7, 11) is 0. The number of benzene rings is 2. The number of nitrogens with one attached hydrogen (secondary N) is 3. The Labute approximate surface area is 187 Å². The Morgan fingerprint density at radius 1 is 1.06 bits per heavy atom. The first-order valence-corrected chi connectivity index (χ1v) is 11.7. The number of rotatable bonds is 5. The Morgan fingerprint density at radius 2 is 1.84 bits per heavy atom. The molecule has 2 aromatic carbocycles. The van der Waals surface area contributed by atoms with Crippen molar-refractivity contribution in [1.82, 2.24) is 20.5 Å². The van der Waals surface area contributed by atoms with E-state index in [9.17, 15) is 9.59 Å². The zero-order chi connectivity index (χ0) is 21.7. The molecule has 2 bridgehead atoms. The van der Waals surface area contributed by atoms with Gasteiger partial charge in [0.05, 0.1) is 12.1 Å². The van der Waals surface area contributed by atoms with Crippen LogP contribution in [0.2, 0.25) is 0 Å². The second kappa shape index (κ2) is 7.48. The van der Waals surface area contributed by atoms with Gasteiger partial charge < -0.3 is 15.6 Å². The normalized spacial score (nSPS) is 23.8. The van der Waals surface area contributed by atoms with Crippen molar-refractivity contribution in [3.05, 3.63) is 71.4 Å². The molecular formula is C26H28N4O2. The summed E-state index contributed by atoms with van der Waals surface area (Å²) in [5.74, 6) is 0.115. The van der Waals surface area contributed by atoms with Gasteiger partial charge in [-0.25, -0.2) is 0 Å². The van der Waals surface area contributed by atoms with Gasteiger partial charge in [-0.3, -0.25) is 14.5 Å². The van der Waals surface area contributed by atoms with Crippen LogP contribution in [0.1, 0.15) is 42.1 Å². The van der Waals surface area contributed by atoms with Crippen molar-refractivity contribution in [3.8, 4) is 0 Å². The number of aromatic nitrogens is 1. The van der Waals surface area contributed by atoms with E-state index in [0.29, 0.717) is 19.5 Å². The molecule has 1 saturated heterocycles. The van der Waals surface area contributed by atoms with E-state index in [2.05, 4.69) is 44.8 Å². The second-order valence-corrected chi connectivity index (χ2v) is 9.33. The van der Waals surface area contributed by atoms with Crippen molar-refractivity contribution in [2.45, 2.75) is 49.7 Å². The Bertz CT molecular complexity index is 1180. The number of carbonyl (C=O) groups excluding carboxylic acids is 2. The van der Waals surface area contributed by atoms with Gasteiger partial charge in [-0.1, -0.05) is 48.5 Å². The van der Waals surface area contributed by atoms with Crippen molar-refractivity contribution >= 4 is 22.7 Å². The standard InChI is InChI=1S/C26H28N4O2/c31-24-21-15-19-18-9-4-5-10-20(18)29-23(19)22(16-28-24)30(21)26(12-6-13-26)25(32)27-14-11-17-7-2-1-3-8-17/h1-5,7-10,21-22,29H,6,11-16H2,(H,27,32)(H,28,31)/t21-,22-/m0/s1. The summed E-state index contributed by atoms with van der Waals surface area (Å²) in [6, 6.07) is 18.2. The van der Waals surface area contributed by atoms with Crippen molar-refractivity contribution in [2.75, 3.05) is 13.1 Å². The highest BCUT2D eigenvalue weighted by atomic mass is 16.2. The van der Waals surface area contributed by atoms with Gasteiger partial charge in [0.15, 0.2) is 0 Å². The number of fused-ring (bicyclic) bond motifs is 6. The molecule has 0 radical (unpaired) electrons. The van der Waals surface area contributed by atoms with Crippen LogP contribution in [-0.4, -0.2) is 46.4 Å². The summed E-state index contributed by atoms with van der Waals surface area (Å²) in [6.45, 7) is 1.14. The van der Waals surface area contributed by atoms with Crippen molar-refractivity contribution in [1.29, 1.82) is 0 Å². The molecule has 3 aromatic rings. The molecule has 1 aromatic heterocycles. The molecule has 0 unspecified atom stereocenters. The predicted octanol–water partition coefficient (Wildman–Crippen LogP) is 2.85. The minimum Gasteiger partial charge on any atom is -0.357 e. The molecule has 6 nitrogen and oxygen atoms in total. The van der Waals surface area contributed by atoms with Crippen LogP contribution in [0.15, 0.2) is 54.6 Å². The lowest BCUT2D eigenvalue weighted by atomic mass is 9.70. The van der Waals surface area contributed by atoms with Gasteiger partial charge in [-0.2, -0.15) is 0 Å². The van der Waals surface area contributed by atoms with Gasteiger partial charge in [-0.15, -0.1) is 0 Å². The molecule has 6 heteroatoms. The zero-order valence-electron chi connectivity index (χ0n) is 18.1. The average molecular weight is 429 g/mol. The fourth-order valence-corrected chi connectivity index (χ4v) is 5.95. The molecule has 1 aliphatic carbocycles. The van der Waals surface area contributed by atoms with Gasteiger partial charge in [0.1, 0.15) is 5.54 Å². The molecule has 6 rings (SSSR count). The molecule has 1 saturated carbocycles. The fraction of sp³-hybridized carbons (Fsp3) is 0.385. The van der Waals surface area contributed by atoms with Crippen LogP contribution >= 0.6 is 0 Å². The van der Waals surface area contributed by atoms with Gasteiger partial charge in [-0.05, 0) is 49.3 Å². The lowest BCUT2D eigenvalue weighted by Gasteiger charge is -2.57. The Morgan fingerprint density at radius 3 is 2.62 bits per heavy atom. The number of amides is 2. The van der Waals surface area contributed by atoms with E-state index < -0.39 is 5.54 Å². The third kappa shape index (κ3) is 2.89. The summed E-state index contributed by atoms with van der Waals surface area (Å²) in [5.41, 5.74) is 4.12. The van der Waals surface area contributed by atoms with E-state index in [1.807, 2.05) is 30.3 Å². The van der Waals surface area contributed by atoms with Crippen LogP contribution in [0.25, 0.3) is 10.9 Å². The first-order valence-electron chi connectivity index (χ1n) is 11.7. The number of aromatic amines is 1. The summed E-state index contributed by atoms with van der Waals surface area (Å²) in [4.78, 5) is 32.4. The summed E-state index contributed by atoms with van der Waals surface area (Å²) in [6.07, 6.45) is 4.08. The first-order chi connectivity index (χ1) is 15.7. The van der Waals surface area contributed by atoms with Crippen LogP contribution < -0.4 is 10.6 Å². The summed E-state index contributed by atoms with van der Waals surface area (Å²) < 4.78 is 0. The van der Waals surface area contributed by atoms with E-state index in [0.717, 1.165) is 36.9 Å². The maximum Gasteiger partial charge on any atom is 0.240 e. The highest BCUT2D eigenvalue weighted by Crippen LogP contribution is 2.49. The Kier molecular flexibility index (Phi) is 4.57. The third-order valence-corrected chi connectivity index (χ3v) is 7.66. The molecule has 0 spiro atoms. The highest BCUT2D eigenvalue weighted by Gasteiger charge is 2.58. The largest absolute Gasteiger partial charge is 0.357 e. The van der Waals surface area contributed by atoms with Crippen molar-refractivity contribution in [3.63, 3.8) is 0 Å². The van der Waals surface area contributed by atoms with E-state index in [1.54, 1.807) is 0 Å². The van der Waals surface area contributed by atoms with Crippen LogP contribution in [0.3, 0.4) is 0 Å². The molecule has 3 N–H and O–H groups in total. The third-order valence-electron chi connectivity index (χ3n) is 7.66. The fourth-order valence-electron chi connectivity index (χ4n) is 5.95. The minimum absolute atomic E-state index is 0.00553. The molecule has 3 heterocycles. The first kappa shape index (κ1) is 19.6. The van der Waals surface area contributed by atoms with Crippen molar-refractivity contribution < 1.29 is 9.59 Å². The zero-order valence-corrected chi connectivity index (χ0v) is 18.1. The van der Waals surface area contributed by atoms with E-state index >= 15 is 0 Å². The average Bonchev–Trinajstić information content (AvgIpc) is 3.15. The van der Waals surface area contributed by atoms with Gasteiger partial charge in [0.25, 0.3) is 0 Å². The number of H-pyrrole nitrogens is 1. The quantitative estimate of drug-likeness (QED) is 0.585. The molecule has 2 fully saturated rings. The van der Waals surface area contributed by atoms with E-state index in [4.69, 9.17) is 0 Å². The van der Waals surface area contributed by atoms with E-state index in [1.165, 1.54) is 16.5 Å². The smallest absolute Gasteiger partial charge is 0.240 e.